The Hall–Kier alpha value is -3.56. The quantitative estimate of drug-likeness (QED) is 0.267. The SMILES string of the molecule is COC(=O)c1sc(N2C(=O)C(=O)/C(=C(/O)c3ccncc3)C2c2ccc(Cl)cc2)nc1C. The Bertz CT molecular complexity index is 1250. The Labute approximate surface area is 191 Å². The molecule has 2 aromatic heterocycles. The Kier molecular flexibility index (Phi) is 5.77. The van der Waals surface area contributed by atoms with Gasteiger partial charge in [-0.25, -0.2) is 9.78 Å². The van der Waals surface area contributed by atoms with E-state index in [1.807, 2.05) is 0 Å². The van der Waals surface area contributed by atoms with Crippen molar-refractivity contribution >= 4 is 51.5 Å². The lowest BCUT2D eigenvalue weighted by atomic mass is 9.96. The summed E-state index contributed by atoms with van der Waals surface area (Å²) in [6.07, 6.45) is 2.94. The first kappa shape index (κ1) is 21.7. The molecule has 0 spiro atoms. The second kappa shape index (κ2) is 8.52. The fraction of sp³-hybridized carbons (Fsp3) is 0.136. The number of nitrogens with zero attached hydrogens (tertiary/aromatic N) is 3. The predicted molar refractivity (Wildman–Crippen MR) is 119 cm³/mol. The molecule has 1 aromatic carbocycles. The zero-order chi connectivity index (χ0) is 23.0. The van der Waals surface area contributed by atoms with Crippen LogP contribution in [0.2, 0.25) is 5.02 Å². The molecule has 1 saturated heterocycles. The summed E-state index contributed by atoms with van der Waals surface area (Å²) in [7, 11) is 1.25. The van der Waals surface area contributed by atoms with Crippen LogP contribution in [-0.4, -0.2) is 39.8 Å². The molecule has 1 fully saturated rings. The molecule has 8 nitrogen and oxygen atoms in total. The number of pyridine rings is 1. The van der Waals surface area contributed by atoms with Gasteiger partial charge in [0.2, 0.25) is 0 Å². The highest BCUT2D eigenvalue weighted by atomic mass is 35.5. The van der Waals surface area contributed by atoms with E-state index in [0.717, 1.165) is 11.3 Å². The number of carbonyl (C=O) groups is 3. The van der Waals surface area contributed by atoms with Crippen LogP contribution >= 0.6 is 22.9 Å². The molecule has 4 rings (SSSR count). The first-order valence-electron chi connectivity index (χ1n) is 9.36. The zero-order valence-electron chi connectivity index (χ0n) is 16.9. The number of aromatic nitrogens is 2. The molecule has 0 bridgehead atoms. The predicted octanol–water partition coefficient (Wildman–Crippen LogP) is 3.91. The maximum absolute atomic E-state index is 13.1. The molecule has 1 unspecified atom stereocenters. The summed E-state index contributed by atoms with van der Waals surface area (Å²) in [5.41, 5.74) is 1.14. The number of aryl methyl sites for hydroxylation is 1. The number of anilines is 1. The van der Waals surface area contributed by atoms with Gasteiger partial charge in [0.05, 0.1) is 24.4 Å². The number of Topliss-reactive ketones (excluding diaryl/α,β-unsaturated/α-hetero) is 1. The van der Waals surface area contributed by atoms with Gasteiger partial charge < -0.3 is 9.84 Å². The highest BCUT2D eigenvalue weighted by Crippen LogP contribution is 2.44. The minimum absolute atomic E-state index is 0.101. The maximum atomic E-state index is 13.1. The highest BCUT2D eigenvalue weighted by Gasteiger charge is 2.48. The van der Waals surface area contributed by atoms with Crippen LogP contribution < -0.4 is 4.90 Å². The van der Waals surface area contributed by atoms with Crippen molar-refractivity contribution in [3.63, 3.8) is 0 Å². The number of halogens is 1. The van der Waals surface area contributed by atoms with Crippen LogP contribution in [0.3, 0.4) is 0 Å². The molecule has 1 atom stereocenters. The first-order chi connectivity index (χ1) is 15.3. The van der Waals surface area contributed by atoms with Crippen molar-refractivity contribution in [1.29, 1.82) is 0 Å². The summed E-state index contributed by atoms with van der Waals surface area (Å²) in [6, 6.07) is 8.65. The summed E-state index contributed by atoms with van der Waals surface area (Å²) in [5.74, 6) is -2.67. The summed E-state index contributed by atoms with van der Waals surface area (Å²) in [5, 5.41) is 11.6. The first-order valence-corrected chi connectivity index (χ1v) is 10.6. The molecule has 1 N–H and O–H groups in total. The number of aliphatic hydroxyl groups excluding tert-OH is 1. The molecule has 32 heavy (non-hydrogen) atoms. The van der Waals surface area contributed by atoms with E-state index in [1.54, 1.807) is 31.2 Å². The molecule has 3 heterocycles. The number of thiazole rings is 1. The fourth-order valence-electron chi connectivity index (χ4n) is 3.42. The molecule has 3 aromatic rings. The van der Waals surface area contributed by atoms with E-state index >= 15 is 0 Å². The van der Waals surface area contributed by atoms with Gasteiger partial charge in [-0.1, -0.05) is 35.1 Å². The standard InChI is InChI=1S/C22H16ClN3O5S/c1-11-19(21(30)31-2)32-22(25-11)26-16(12-3-5-14(23)6-4-12)15(18(28)20(26)29)17(27)13-7-9-24-10-8-13/h3-10,16,27H,1-2H3/b17-15+. The van der Waals surface area contributed by atoms with Gasteiger partial charge in [-0.05, 0) is 36.8 Å². The highest BCUT2D eigenvalue weighted by molar-refractivity contribution is 7.17. The molecule has 1 aliphatic heterocycles. The monoisotopic (exact) mass is 469 g/mol. The summed E-state index contributed by atoms with van der Waals surface area (Å²) >= 11 is 6.95. The minimum Gasteiger partial charge on any atom is -0.507 e. The molecule has 0 radical (unpaired) electrons. The zero-order valence-corrected chi connectivity index (χ0v) is 18.5. The number of aliphatic hydroxyl groups is 1. The molecule has 162 valence electrons. The maximum Gasteiger partial charge on any atom is 0.350 e. The van der Waals surface area contributed by atoms with Crippen LogP contribution in [0.1, 0.15) is 32.5 Å². The smallest absolute Gasteiger partial charge is 0.350 e. The van der Waals surface area contributed by atoms with Crippen molar-refractivity contribution in [3.05, 3.63) is 81.1 Å². The summed E-state index contributed by atoms with van der Waals surface area (Å²) in [4.78, 5) is 47.9. The second-order valence-corrected chi connectivity index (χ2v) is 8.27. The normalized spacial score (nSPS) is 17.6. The van der Waals surface area contributed by atoms with Gasteiger partial charge >= 0.3 is 11.9 Å². The number of benzene rings is 1. The average molecular weight is 470 g/mol. The van der Waals surface area contributed by atoms with Crippen molar-refractivity contribution in [2.75, 3.05) is 12.0 Å². The van der Waals surface area contributed by atoms with E-state index in [0.29, 0.717) is 21.8 Å². The third-order valence-electron chi connectivity index (χ3n) is 4.95. The number of rotatable bonds is 4. The lowest BCUT2D eigenvalue weighted by Gasteiger charge is -2.23. The average Bonchev–Trinajstić information content (AvgIpc) is 3.31. The molecule has 1 aliphatic rings. The van der Waals surface area contributed by atoms with E-state index < -0.39 is 23.7 Å². The van der Waals surface area contributed by atoms with Gasteiger partial charge in [-0.2, -0.15) is 0 Å². The molecular weight excluding hydrogens is 454 g/mol. The van der Waals surface area contributed by atoms with Gasteiger partial charge in [0, 0.05) is 23.0 Å². The van der Waals surface area contributed by atoms with Gasteiger partial charge in [-0.15, -0.1) is 0 Å². The Morgan fingerprint density at radius 2 is 1.81 bits per heavy atom. The van der Waals surface area contributed by atoms with Crippen LogP contribution in [0, 0.1) is 6.92 Å². The second-order valence-electron chi connectivity index (χ2n) is 6.86. The number of carbonyl (C=O) groups excluding carboxylic acids is 3. The van der Waals surface area contributed by atoms with Crippen molar-refractivity contribution in [2.24, 2.45) is 0 Å². The molecule has 1 amide bonds. The number of methoxy groups -OCH3 is 1. The van der Waals surface area contributed by atoms with E-state index in [4.69, 9.17) is 16.3 Å². The number of ketones is 1. The Morgan fingerprint density at radius 1 is 1.16 bits per heavy atom. The third-order valence-corrected chi connectivity index (χ3v) is 6.33. The number of ether oxygens (including phenoxy) is 1. The van der Waals surface area contributed by atoms with Crippen molar-refractivity contribution < 1.29 is 24.2 Å². The molecule has 10 heteroatoms. The van der Waals surface area contributed by atoms with Crippen LogP contribution in [0.5, 0.6) is 0 Å². The molecule has 0 saturated carbocycles. The number of hydrogen-bond donors (Lipinski definition) is 1. The largest absolute Gasteiger partial charge is 0.507 e. The minimum atomic E-state index is -0.975. The van der Waals surface area contributed by atoms with Crippen molar-refractivity contribution in [1.82, 2.24) is 9.97 Å². The van der Waals surface area contributed by atoms with Crippen molar-refractivity contribution in [2.45, 2.75) is 13.0 Å². The number of esters is 1. The van der Waals surface area contributed by atoms with E-state index in [1.165, 1.54) is 36.5 Å². The van der Waals surface area contributed by atoms with Gasteiger partial charge in [0.15, 0.2) is 5.13 Å². The topological polar surface area (TPSA) is 110 Å². The van der Waals surface area contributed by atoms with Gasteiger partial charge in [0.25, 0.3) is 5.78 Å². The van der Waals surface area contributed by atoms with Crippen LogP contribution in [0.4, 0.5) is 5.13 Å². The van der Waals surface area contributed by atoms with E-state index in [2.05, 4.69) is 9.97 Å². The van der Waals surface area contributed by atoms with Crippen LogP contribution in [0.25, 0.3) is 5.76 Å². The van der Waals surface area contributed by atoms with Gasteiger partial charge in [0.1, 0.15) is 10.6 Å². The third kappa shape index (κ3) is 3.65. The van der Waals surface area contributed by atoms with Crippen LogP contribution in [0.15, 0.2) is 54.4 Å². The van der Waals surface area contributed by atoms with E-state index in [9.17, 15) is 19.5 Å². The Balaban J connectivity index is 1.93. The Morgan fingerprint density at radius 3 is 2.44 bits per heavy atom. The lowest BCUT2D eigenvalue weighted by Crippen LogP contribution is -2.29. The lowest BCUT2D eigenvalue weighted by molar-refractivity contribution is -0.132. The van der Waals surface area contributed by atoms with Crippen LogP contribution in [-0.2, 0) is 14.3 Å². The number of amides is 1. The van der Waals surface area contributed by atoms with Crippen molar-refractivity contribution in [3.8, 4) is 0 Å². The summed E-state index contributed by atoms with van der Waals surface area (Å²) < 4.78 is 4.77. The number of hydrogen-bond acceptors (Lipinski definition) is 8. The van der Waals surface area contributed by atoms with Gasteiger partial charge in [-0.3, -0.25) is 19.5 Å². The molecule has 0 aliphatic carbocycles. The van der Waals surface area contributed by atoms with E-state index in [-0.39, 0.29) is 21.3 Å². The fourth-order valence-corrected chi connectivity index (χ4v) is 4.56. The summed E-state index contributed by atoms with van der Waals surface area (Å²) in [6.45, 7) is 1.61. The molecular formula is C22H16ClN3O5S.